The summed E-state index contributed by atoms with van der Waals surface area (Å²) in [6, 6.07) is 6.06. The Kier molecular flexibility index (Phi) is 4.25. The van der Waals surface area contributed by atoms with E-state index in [0.29, 0.717) is 10.5 Å². The van der Waals surface area contributed by atoms with Crippen LogP contribution in [0.15, 0.2) is 22.7 Å². The molecule has 0 spiro atoms. The first kappa shape index (κ1) is 16.0. The second-order valence-electron chi connectivity index (χ2n) is 7.92. The molecule has 23 heavy (non-hydrogen) atoms. The Morgan fingerprint density at radius 1 is 1.22 bits per heavy atom. The van der Waals surface area contributed by atoms with Crippen LogP contribution >= 0.6 is 27.7 Å². The van der Waals surface area contributed by atoms with E-state index in [9.17, 15) is 4.79 Å². The van der Waals surface area contributed by atoms with Gasteiger partial charge in [-0.3, -0.25) is 4.79 Å². The van der Waals surface area contributed by atoms with Gasteiger partial charge in [-0.05, 0) is 96.8 Å². The van der Waals surface area contributed by atoms with Crippen LogP contribution in [-0.4, -0.2) is 16.4 Å². The lowest BCUT2D eigenvalue weighted by Crippen LogP contribution is -2.49. The minimum Gasteiger partial charge on any atom is -0.324 e. The fraction of sp³-hybridized carbons (Fsp3) is 0.632. The highest BCUT2D eigenvalue weighted by Crippen LogP contribution is 2.60. The molecule has 4 fully saturated rings. The van der Waals surface area contributed by atoms with Crippen molar-refractivity contribution < 1.29 is 4.79 Å². The Labute approximate surface area is 151 Å². The van der Waals surface area contributed by atoms with E-state index < -0.39 is 0 Å². The highest BCUT2D eigenvalue weighted by atomic mass is 79.9. The summed E-state index contributed by atoms with van der Waals surface area (Å²) in [5, 5.41) is 3.06. The van der Waals surface area contributed by atoms with E-state index in [-0.39, 0.29) is 5.91 Å². The number of hydrogen-bond donors (Lipinski definition) is 1. The fourth-order valence-electron chi connectivity index (χ4n) is 5.33. The van der Waals surface area contributed by atoms with Gasteiger partial charge in [0.25, 0.3) is 0 Å². The van der Waals surface area contributed by atoms with Crippen LogP contribution < -0.4 is 5.32 Å². The quantitative estimate of drug-likeness (QED) is 0.741. The summed E-state index contributed by atoms with van der Waals surface area (Å²) in [4.78, 5) is 12.4. The second-order valence-corrected chi connectivity index (χ2v) is 10.2. The Balaban J connectivity index is 1.36. The van der Waals surface area contributed by atoms with Crippen molar-refractivity contribution in [2.45, 2.75) is 50.2 Å². The van der Waals surface area contributed by atoms with Gasteiger partial charge in [0.15, 0.2) is 0 Å². The third-order valence-corrected chi connectivity index (χ3v) is 8.07. The molecular formula is C19H24BrNOS. The molecule has 4 heteroatoms. The number of benzene rings is 1. The number of hydrogen-bond acceptors (Lipinski definition) is 2. The number of carbonyl (C=O) groups excluding carboxylic acids is 1. The van der Waals surface area contributed by atoms with E-state index in [4.69, 9.17) is 0 Å². The van der Waals surface area contributed by atoms with Crippen molar-refractivity contribution in [1.29, 1.82) is 0 Å². The van der Waals surface area contributed by atoms with Crippen LogP contribution in [0.1, 0.15) is 44.1 Å². The third-order valence-electron chi connectivity index (χ3n) is 5.89. The zero-order valence-corrected chi connectivity index (χ0v) is 16.0. The number of thioether (sulfide) groups is 1. The van der Waals surface area contributed by atoms with Gasteiger partial charge in [-0.2, -0.15) is 0 Å². The lowest BCUT2D eigenvalue weighted by molar-refractivity contribution is -0.113. The molecule has 1 aromatic carbocycles. The molecule has 4 aliphatic carbocycles. The van der Waals surface area contributed by atoms with E-state index >= 15 is 0 Å². The molecule has 1 aromatic rings. The first-order chi connectivity index (χ1) is 11.0. The van der Waals surface area contributed by atoms with Gasteiger partial charge < -0.3 is 5.32 Å². The molecule has 124 valence electrons. The number of amides is 1. The summed E-state index contributed by atoms with van der Waals surface area (Å²) in [5.74, 6) is 3.57. The normalized spacial score (nSPS) is 34.6. The Morgan fingerprint density at radius 2 is 1.83 bits per heavy atom. The summed E-state index contributed by atoms with van der Waals surface area (Å²) in [5.41, 5.74) is 2.07. The van der Waals surface area contributed by atoms with Crippen molar-refractivity contribution in [2.75, 3.05) is 11.1 Å². The zero-order valence-electron chi connectivity index (χ0n) is 13.6. The first-order valence-corrected chi connectivity index (χ1v) is 10.5. The molecule has 4 aliphatic rings. The van der Waals surface area contributed by atoms with Gasteiger partial charge in [0, 0.05) is 9.22 Å². The smallest absolute Gasteiger partial charge is 0.234 e. The average Bonchev–Trinajstić information content (AvgIpc) is 2.47. The molecule has 4 saturated carbocycles. The maximum absolute atomic E-state index is 12.4. The van der Waals surface area contributed by atoms with Gasteiger partial charge >= 0.3 is 0 Å². The molecule has 2 nitrogen and oxygen atoms in total. The lowest BCUT2D eigenvalue weighted by Gasteiger charge is -2.56. The van der Waals surface area contributed by atoms with Gasteiger partial charge in [0.05, 0.1) is 11.4 Å². The Morgan fingerprint density at radius 3 is 2.39 bits per heavy atom. The Bertz CT molecular complexity index is 595. The van der Waals surface area contributed by atoms with E-state index in [2.05, 4.69) is 28.2 Å². The van der Waals surface area contributed by atoms with Gasteiger partial charge in [-0.15, -0.1) is 11.8 Å². The summed E-state index contributed by atoms with van der Waals surface area (Å²) >= 11 is 5.48. The van der Waals surface area contributed by atoms with Gasteiger partial charge in [0.1, 0.15) is 0 Å². The number of carbonyl (C=O) groups is 1. The number of rotatable bonds is 4. The molecular weight excluding hydrogens is 370 g/mol. The molecule has 0 heterocycles. The number of nitrogens with one attached hydrogen (secondary N) is 1. The lowest BCUT2D eigenvalue weighted by atomic mass is 9.56. The molecule has 0 aromatic heterocycles. The molecule has 1 amide bonds. The summed E-state index contributed by atoms with van der Waals surface area (Å²) in [6.45, 7) is 2.05. The van der Waals surface area contributed by atoms with Crippen molar-refractivity contribution in [3.05, 3.63) is 28.2 Å². The largest absolute Gasteiger partial charge is 0.324 e. The molecule has 0 unspecified atom stereocenters. The number of halogens is 1. The standard InChI is InChI=1S/C19H24BrNOS/c1-12-2-3-17(16(20)4-12)21-18(22)11-23-19-8-13-5-14(9-19)7-15(6-13)10-19/h2-4,13-15H,5-11H2,1H3,(H,21,22). The molecule has 4 bridgehead atoms. The zero-order chi connectivity index (χ0) is 16.0. The van der Waals surface area contributed by atoms with Crippen molar-refractivity contribution in [2.24, 2.45) is 17.8 Å². The Hall–Kier alpha value is -0.480. The van der Waals surface area contributed by atoms with Crippen molar-refractivity contribution >= 4 is 39.3 Å². The fourth-order valence-corrected chi connectivity index (χ4v) is 7.50. The summed E-state index contributed by atoms with van der Waals surface area (Å²) in [6.07, 6.45) is 8.44. The monoisotopic (exact) mass is 393 g/mol. The van der Waals surface area contributed by atoms with Crippen molar-refractivity contribution in [3.8, 4) is 0 Å². The van der Waals surface area contributed by atoms with E-state index in [0.717, 1.165) is 27.9 Å². The van der Waals surface area contributed by atoms with Gasteiger partial charge in [-0.25, -0.2) is 0 Å². The van der Waals surface area contributed by atoms with Crippen LogP contribution in [0.4, 0.5) is 5.69 Å². The minimum absolute atomic E-state index is 0.135. The third kappa shape index (κ3) is 3.34. The first-order valence-electron chi connectivity index (χ1n) is 8.71. The average molecular weight is 394 g/mol. The van der Waals surface area contributed by atoms with E-state index in [1.165, 1.54) is 44.1 Å². The predicted molar refractivity (Wildman–Crippen MR) is 101 cm³/mol. The SMILES string of the molecule is Cc1ccc(NC(=O)CSC23CC4CC(CC(C4)C2)C3)c(Br)c1. The minimum atomic E-state index is 0.135. The summed E-state index contributed by atoms with van der Waals surface area (Å²) < 4.78 is 1.38. The van der Waals surface area contributed by atoms with E-state index in [1.54, 1.807) is 0 Å². The number of aryl methyl sites for hydroxylation is 1. The highest BCUT2D eigenvalue weighted by molar-refractivity contribution is 9.10. The highest BCUT2D eigenvalue weighted by Gasteiger charge is 2.51. The summed E-state index contributed by atoms with van der Waals surface area (Å²) in [7, 11) is 0. The van der Waals surface area contributed by atoms with Crippen LogP contribution in [0.3, 0.4) is 0 Å². The van der Waals surface area contributed by atoms with Crippen LogP contribution in [0.25, 0.3) is 0 Å². The van der Waals surface area contributed by atoms with Crippen LogP contribution in [-0.2, 0) is 4.79 Å². The molecule has 0 saturated heterocycles. The van der Waals surface area contributed by atoms with Gasteiger partial charge in [0.2, 0.25) is 5.91 Å². The van der Waals surface area contributed by atoms with Crippen LogP contribution in [0.2, 0.25) is 0 Å². The predicted octanol–water partition coefficient (Wildman–Crippen LogP) is 5.40. The van der Waals surface area contributed by atoms with Gasteiger partial charge in [-0.1, -0.05) is 6.07 Å². The van der Waals surface area contributed by atoms with Crippen molar-refractivity contribution in [3.63, 3.8) is 0 Å². The molecule has 0 atom stereocenters. The molecule has 1 N–H and O–H groups in total. The maximum atomic E-state index is 12.4. The second kappa shape index (κ2) is 6.11. The van der Waals surface area contributed by atoms with Crippen LogP contribution in [0.5, 0.6) is 0 Å². The topological polar surface area (TPSA) is 29.1 Å². The van der Waals surface area contributed by atoms with Crippen molar-refractivity contribution in [1.82, 2.24) is 0 Å². The molecule has 0 radical (unpaired) electrons. The van der Waals surface area contributed by atoms with E-state index in [1.807, 2.05) is 30.0 Å². The van der Waals surface area contributed by atoms with Crippen LogP contribution in [0, 0.1) is 24.7 Å². The molecule has 0 aliphatic heterocycles. The number of anilines is 1. The maximum Gasteiger partial charge on any atom is 0.234 e. The molecule has 5 rings (SSSR count).